The number of hydrogen-bond acceptors (Lipinski definition) is 4. The van der Waals surface area contributed by atoms with Gasteiger partial charge in [-0.15, -0.1) is 11.8 Å². The molecule has 0 radical (unpaired) electrons. The number of anilines is 1. The summed E-state index contributed by atoms with van der Waals surface area (Å²) in [6, 6.07) is 18.5. The first-order chi connectivity index (χ1) is 12.9. The van der Waals surface area contributed by atoms with Gasteiger partial charge in [-0.25, -0.2) is 8.42 Å². The summed E-state index contributed by atoms with van der Waals surface area (Å²) in [5, 5.41) is 0.712. The van der Waals surface area contributed by atoms with E-state index in [9.17, 15) is 8.42 Å². The van der Waals surface area contributed by atoms with Crippen molar-refractivity contribution in [1.82, 2.24) is 0 Å². The Morgan fingerprint density at radius 2 is 1.59 bits per heavy atom. The van der Waals surface area contributed by atoms with Gasteiger partial charge in [-0.1, -0.05) is 41.4 Å². The Morgan fingerprint density at radius 1 is 0.926 bits per heavy atom. The van der Waals surface area contributed by atoms with E-state index >= 15 is 0 Å². The van der Waals surface area contributed by atoms with Gasteiger partial charge >= 0.3 is 0 Å². The number of hydrogen-bond donors (Lipinski definition) is 1. The third kappa shape index (κ3) is 4.90. The lowest BCUT2D eigenvalue weighted by Gasteiger charge is -2.15. The summed E-state index contributed by atoms with van der Waals surface area (Å²) >= 11 is 13.4. The van der Waals surface area contributed by atoms with Crippen molar-refractivity contribution in [3.8, 4) is 11.5 Å². The summed E-state index contributed by atoms with van der Waals surface area (Å²) in [7, 11) is -3.90. The van der Waals surface area contributed by atoms with Crippen LogP contribution in [0.3, 0.4) is 0 Å². The molecule has 0 aliphatic heterocycles. The molecular formula is C19H15Cl2NO3S2. The molecule has 0 spiro atoms. The van der Waals surface area contributed by atoms with Gasteiger partial charge in [0.05, 0.1) is 5.69 Å². The van der Waals surface area contributed by atoms with Gasteiger partial charge in [0, 0.05) is 14.9 Å². The van der Waals surface area contributed by atoms with Crippen LogP contribution < -0.4 is 9.46 Å². The van der Waals surface area contributed by atoms with E-state index in [-0.39, 0.29) is 10.6 Å². The molecule has 1 N–H and O–H groups in total. The van der Waals surface area contributed by atoms with Crippen LogP contribution in [-0.4, -0.2) is 14.7 Å². The number of nitrogens with one attached hydrogen (secondary N) is 1. The maximum absolute atomic E-state index is 13.0. The van der Waals surface area contributed by atoms with E-state index in [1.807, 2.05) is 18.2 Å². The second-order valence-electron chi connectivity index (χ2n) is 5.46. The van der Waals surface area contributed by atoms with Gasteiger partial charge < -0.3 is 4.74 Å². The van der Waals surface area contributed by atoms with Crippen molar-refractivity contribution in [3.63, 3.8) is 0 Å². The van der Waals surface area contributed by atoms with E-state index in [4.69, 9.17) is 27.9 Å². The molecule has 0 atom stereocenters. The molecule has 0 amide bonds. The topological polar surface area (TPSA) is 55.4 Å². The predicted octanol–water partition coefficient (Wildman–Crippen LogP) is 6.31. The fraction of sp³-hybridized carbons (Fsp3) is 0.0526. The average molecular weight is 440 g/mol. The monoisotopic (exact) mass is 439 g/mol. The van der Waals surface area contributed by atoms with E-state index in [2.05, 4.69) is 4.72 Å². The van der Waals surface area contributed by atoms with Crippen molar-refractivity contribution in [2.75, 3.05) is 11.0 Å². The summed E-state index contributed by atoms with van der Waals surface area (Å²) < 4.78 is 34.3. The van der Waals surface area contributed by atoms with Crippen LogP contribution in [0.5, 0.6) is 11.5 Å². The van der Waals surface area contributed by atoms with Gasteiger partial charge in [-0.05, 0) is 54.8 Å². The Hall–Kier alpha value is -1.86. The molecule has 4 nitrogen and oxygen atoms in total. The zero-order chi connectivity index (χ0) is 19.4. The van der Waals surface area contributed by atoms with E-state index in [0.29, 0.717) is 26.4 Å². The largest absolute Gasteiger partial charge is 0.455 e. The van der Waals surface area contributed by atoms with Gasteiger partial charge in [0.25, 0.3) is 10.0 Å². The summed E-state index contributed by atoms with van der Waals surface area (Å²) in [5.74, 6) is 0.912. The predicted molar refractivity (Wildman–Crippen MR) is 112 cm³/mol. The Morgan fingerprint density at radius 3 is 2.30 bits per heavy atom. The van der Waals surface area contributed by atoms with Gasteiger partial charge in [0.15, 0.2) is 5.75 Å². The minimum Gasteiger partial charge on any atom is -0.455 e. The number of ether oxygens (including phenoxy) is 1. The van der Waals surface area contributed by atoms with Crippen molar-refractivity contribution >= 4 is 50.7 Å². The van der Waals surface area contributed by atoms with Crippen LogP contribution in [0.4, 0.5) is 5.69 Å². The van der Waals surface area contributed by atoms with Gasteiger partial charge in [0.1, 0.15) is 10.6 Å². The maximum atomic E-state index is 13.0. The fourth-order valence-electron chi connectivity index (χ4n) is 2.35. The van der Waals surface area contributed by atoms with Crippen molar-refractivity contribution in [2.24, 2.45) is 0 Å². The molecule has 140 valence electrons. The van der Waals surface area contributed by atoms with E-state index in [0.717, 1.165) is 0 Å². The molecule has 8 heteroatoms. The Balaban J connectivity index is 1.99. The first-order valence-electron chi connectivity index (χ1n) is 7.78. The standard InChI is InChI=1S/C19H15Cl2NO3S2/c1-26-18-10-8-14(21)12-19(18)27(23,24)22-16-11-13(20)7-9-17(16)25-15-5-3-2-4-6-15/h2-12,22H,1H3. The van der Waals surface area contributed by atoms with Crippen molar-refractivity contribution in [1.29, 1.82) is 0 Å². The summed E-state index contributed by atoms with van der Waals surface area (Å²) in [6.07, 6.45) is 1.80. The lowest BCUT2D eigenvalue weighted by atomic mass is 10.3. The molecule has 0 unspecified atom stereocenters. The SMILES string of the molecule is CSc1ccc(Cl)cc1S(=O)(=O)Nc1cc(Cl)ccc1Oc1ccccc1. The third-order valence-electron chi connectivity index (χ3n) is 3.57. The number of para-hydroxylation sites is 1. The molecule has 27 heavy (non-hydrogen) atoms. The first kappa shape index (κ1) is 19.9. The summed E-state index contributed by atoms with van der Waals surface area (Å²) in [5.41, 5.74) is 0.235. The van der Waals surface area contributed by atoms with Crippen LogP contribution in [0.1, 0.15) is 0 Å². The normalized spacial score (nSPS) is 11.2. The molecule has 0 saturated heterocycles. The molecule has 0 heterocycles. The van der Waals surface area contributed by atoms with Crippen LogP contribution in [0.15, 0.2) is 76.5 Å². The molecule has 0 aliphatic rings. The number of benzene rings is 3. The molecule has 0 bridgehead atoms. The van der Waals surface area contributed by atoms with Crippen LogP contribution in [-0.2, 0) is 10.0 Å². The van der Waals surface area contributed by atoms with Crippen molar-refractivity contribution in [3.05, 3.63) is 76.8 Å². The lowest BCUT2D eigenvalue weighted by Crippen LogP contribution is -2.14. The number of sulfonamides is 1. The van der Waals surface area contributed by atoms with Crippen LogP contribution >= 0.6 is 35.0 Å². The average Bonchev–Trinajstić information content (AvgIpc) is 2.64. The highest BCUT2D eigenvalue weighted by molar-refractivity contribution is 7.99. The van der Waals surface area contributed by atoms with Crippen LogP contribution in [0.25, 0.3) is 0 Å². The summed E-state index contributed by atoms with van der Waals surface area (Å²) in [6.45, 7) is 0. The minimum atomic E-state index is -3.90. The fourth-order valence-corrected chi connectivity index (χ4v) is 4.97. The smallest absolute Gasteiger partial charge is 0.263 e. The zero-order valence-electron chi connectivity index (χ0n) is 14.1. The third-order valence-corrected chi connectivity index (χ3v) is 6.37. The Bertz CT molecular complexity index is 1060. The van der Waals surface area contributed by atoms with E-state index in [1.54, 1.807) is 42.7 Å². The van der Waals surface area contributed by atoms with E-state index in [1.165, 1.54) is 23.9 Å². The Kier molecular flexibility index (Phi) is 6.22. The molecule has 3 aromatic carbocycles. The quantitative estimate of drug-likeness (QED) is 0.457. The maximum Gasteiger partial charge on any atom is 0.263 e. The molecule has 0 saturated carbocycles. The highest BCUT2D eigenvalue weighted by Gasteiger charge is 2.21. The van der Waals surface area contributed by atoms with Crippen molar-refractivity contribution < 1.29 is 13.2 Å². The highest BCUT2D eigenvalue weighted by atomic mass is 35.5. The zero-order valence-corrected chi connectivity index (χ0v) is 17.3. The van der Waals surface area contributed by atoms with Gasteiger partial charge in [-0.2, -0.15) is 0 Å². The first-order valence-corrected chi connectivity index (χ1v) is 11.2. The van der Waals surface area contributed by atoms with Crippen molar-refractivity contribution in [2.45, 2.75) is 9.79 Å². The Labute approximate surface area is 172 Å². The van der Waals surface area contributed by atoms with E-state index < -0.39 is 10.0 Å². The summed E-state index contributed by atoms with van der Waals surface area (Å²) in [4.78, 5) is 0.674. The van der Waals surface area contributed by atoms with Crippen LogP contribution in [0, 0.1) is 0 Å². The highest BCUT2D eigenvalue weighted by Crippen LogP contribution is 2.35. The minimum absolute atomic E-state index is 0.0909. The molecule has 3 aromatic rings. The number of rotatable bonds is 6. The van der Waals surface area contributed by atoms with Gasteiger partial charge in [0.2, 0.25) is 0 Å². The number of thioether (sulfide) groups is 1. The second kappa shape index (κ2) is 8.44. The molecule has 0 aliphatic carbocycles. The lowest BCUT2D eigenvalue weighted by molar-refractivity contribution is 0.485. The molecular weight excluding hydrogens is 425 g/mol. The van der Waals surface area contributed by atoms with Crippen LogP contribution in [0.2, 0.25) is 10.0 Å². The molecule has 3 rings (SSSR count). The molecule has 0 fully saturated rings. The second-order valence-corrected chi connectivity index (χ2v) is 8.83. The van der Waals surface area contributed by atoms with Gasteiger partial charge in [-0.3, -0.25) is 4.72 Å². The number of halogens is 2. The molecule has 0 aromatic heterocycles.